The Balaban J connectivity index is 5.46. The quantitative estimate of drug-likeness (QED) is 0.113. The van der Waals surface area contributed by atoms with Crippen LogP contribution in [0.5, 0.6) is 0 Å². The highest BCUT2D eigenvalue weighted by Crippen LogP contribution is 2.41. The highest BCUT2D eigenvalue weighted by atomic mass is 32.1. The number of amides is 1. The van der Waals surface area contributed by atoms with Crippen molar-refractivity contribution >= 4 is 30.3 Å². The van der Waals surface area contributed by atoms with Crippen molar-refractivity contribution in [2.45, 2.75) is 49.3 Å². The number of carbonyl (C=O) groups excluding carboxylic acids is 3. The number of hydrogen-bond acceptors (Lipinski definition) is 6. The van der Waals surface area contributed by atoms with Crippen molar-refractivity contribution in [1.82, 2.24) is 5.32 Å². The van der Waals surface area contributed by atoms with Crippen LogP contribution in [0.25, 0.3) is 0 Å². The van der Waals surface area contributed by atoms with E-state index in [4.69, 9.17) is 0 Å². The lowest BCUT2D eigenvalue weighted by molar-refractivity contribution is -0.347. The third-order valence-corrected chi connectivity index (χ3v) is 3.59. The van der Waals surface area contributed by atoms with E-state index < -0.39 is 79.0 Å². The van der Waals surface area contributed by atoms with Crippen LogP contribution < -0.4 is 5.32 Å². The first-order valence-corrected chi connectivity index (χ1v) is 8.36. The smallest absolute Gasteiger partial charge is 0.410 e. The number of alkyl halides is 7. The Kier molecular flexibility index (Phi) is 9.76. The van der Waals surface area contributed by atoms with E-state index in [9.17, 15) is 49.5 Å². The van der Waals surface area contributed by atoms with Gasteiger partial charge in [-0.25, -0.2) is 4.79 Å². The Morgan fingerprint density at radius 1 is 1.03 bits per heavy atom. The molecule has 0 aromatic carbocycles. The summed E-state index contributed by atoms with van der Waals surface area (Å²) in [7, 11) is 0. The SMILES string of the molecule is C=C(F)C(=O)OC(OCCCCC(F)(F)C(F)(F)S)(C(=O)NCC(C)=O)C(F)(F)F. The molecular formula is C15H17F8NO5S. The third kappa shape index (κ3) is 7.74. The first kappa shape index (κ1) is 28.1. The predicted molar refractivity (Wildman–Crippen MR) is 87.5 cm³/mol. The average molecular weight is 475 g/mol. The van der Waals surface area contributed by atoms with Gasteiger partial charge in [-0.2, -0.15) is 35.1 Å². The molecule has 0 aromatic rings. The summed E-state index contributed by atoms with van der Waals surface area (Å²) in [4.78, 5) is 34.1. The highest BCUT2D eigenvalue weighted by molar-refractivity contribution is 7.81. The van der Waals surface area contributed by atoms with Crippen LogP contribution in [0.3, 0.4) is 0 Å². The summed E-state index contributed by atoms with van der Waals surface area (Å²) in [5.74, 6) is -16.4. The second kappa shape index (κ2) is 10.4. The van der Waals surface area contributed by atoms with Gasteiger partial charge in [-0.1, -0.05) is 19.2 Å². The summed E-state index contributed by atoms with van der Waals surface area (Å²) in [6.45, 7) is 1.15. The maximum atomic E-state index is 13.5. The normalized spacial score (nSPS) is 14.6. The van der Waals surface area contributed by atoms with Crippen LogP contribution in [0, 0.1) is 0 Å². The molecule has 0 bridgehead atoms. The van der Waals surface area contributed by atoms with Gasteiger partial charge in [0.05, 0.1) is 13.2 Å². The molecule has 0 aliphatic rings. The van der Waals surface area contributed by atoms with E-state index in [1.54, 1.807) is 0 Å². The van der Waals surface area contributed by atoms with Crippen LogP contribution in [-0.4, -0.2) is 54.0 Å². The van der Waals surface area contributed by atoms with Crippen LogP contribution in [0.4, 0.5) is 35.1 Å². The number of hydrogen-bond donors (Lipinski definition) is 2. The minimum absolute atomic E-state index is 0.731. The van der Waals surface area contributed by atoms with Gasteiger partial charge in [0.15, 0.2) is 0 Å². The van der Waals surface area contributed by atoms with Crippen molar-refractivity contribution in [3.63, 3.8) is 0 Å². The van der Waals surface area contributed by atoms with Gasteiger partial charge in [0, 0.05) is 6.42 Å². The lowest BCUT2D eigenvalue weighted by Gasteiger charge is -2.32. The standard InChI is InChI=1S/C15H17F8NO5S/c1-8(25)7-24-11(27)13(14(19,20)21,29-10(26)9(2)16)28-6-4-3-5-12(17,18)15(22,23)30/h30H,2-7H2,1H3,(H,24,27). The van der Waals surface area contributed by atoms with Gasteiger partial charge in [-0.15, -0.1) is 0 Å². The van der Waals surface area contributed by atoms with Crippen molar-refractivity contribution in [3.8, 4) is 0 Å². The number of ketones is 1. The van der Waals surface area contributed by atoms with E-state index in [0.717, 1.165) is 6.92 Å². The lowest BCUT2D eigenvalue weighted by Crippen LogP contribution is -2.62. The maximum absolute atomic E-state index is 13.5. The molecule has 174 valence electrons. The molecule has 0 aromatic heterocycles. The van der Waals surface area contributed by atoms with Crippen molar-refractivity contribution in [1.29, 1.82) is 0 Å². The van der Waals surface area contributed by atoms with E-state index in [1.165, 1.54) is 5.32 Å². The van der Waals surface area contributed by atoms with Gasteiger partial charge in [-0.3, -0.25) is 9.59 Å². The van der Waals surface area contributed by atoms with Gasteiger partial charge in [0.1, 0.15) is 5.78 Å². The molecule has 0 radical (unpaired) electrons. The Hall–Kier alpha value is -1.90. The number of thiol groups is 1. The molecule has 0 saturated heterocycles. The molecule has 0 fully saturated rings. The zero-order valence-electron chi connectivity index (χ0n) is 15.3. The average Bonchev–Trinajstić information content (AvgIpc) is 2.55. The second-order valence-corrected chi connectivity index (χ2v) is 6.41. The van der Waals surface area contributed by atoms with Crippen LogP contribution in [0.2, 0.25) is 0 Å². The van der Waals surface area contributed by atoms with Gasteiger partial charge < -0.3 is 14.8 Å². The van der Waals surface area contributed by atoms with E-state index in [0.29, 0.717) is 0 Å². The molecule has 1 unspecified atom stereocenters. The molecule has 0 heterocycles. The molecule has 0 saturated carbocycles. The molecule has 15 heteroatoms. The topological polar surface area (TPSA) is 81.7 Å². The third-order valence-electron chi connectivity index (χ3n) is 3.26. The fraction of sp³-hybridized carbons (Fsp3) is 0.667. The fourth-order valence-corrected chi connectivity index (χ4v) is 1.84. The monoisotopic (exact) mass is 475 g/mol. The Morgan fingerprint density at radius 3 is 1.97 bits per heavy atom. The zero-order valence-corrected chi connectivity index (χ0v) is 16.1. The molecule has 30 heavy (non-hydrogen) atoms. The summed E-state index contributed by atoms with van der Waals surface area (Å²) in [5, 5.41) is -3.22. The van der Waals surface area contributed by atoms with Crippen LogP contribution in [-0.2, 0) is 23.9 Å². The molecule has 0 rings (SSSR count). The van der Waals surface area contributed by atoms with Gasteiger partial charge in [0.2, 0.25) is 5.83 Å². The summed E-state index contributed by atoms with van der Waals surface area (Å²) < 4.78 is 113. The molecule has 1 N–H and O–H groups in total. The molecule has 0 aliphatic carbocycles. The van der Waals surface area contributed by atoms with Crippen LogP contribution >= 0.6 is 12.6 Å². The van der Waals surface area contributed by atoms with Crippen molar-refractivity contribution in [2.24, 2.45) is 0 Å². The summed E-state index contributed by atoms with van der Waals surface area (Å²) in [6, 6.07) is 0. The Bertz CT molecular complexity index is 664. The first-order chi connectivity index (χ1) is 13.4. The van der Waals surface area contributed by atoms with Crippen molar-refractivity contribution in [2.75, 3.05) is 13.2 Å². The maximum Gasteiger partial charge on any atom is 0.466 e. The van der Waals surface area contributed by atoms with Gasteiger partial charge >= 0.3 is 35.0 Å². The van der Waals surface area contributed by atoms with E-state index in [-0.39, 0.29) is 0 Å². The Morgan fingerprint density at radius 2 is 1.57 bits per heavy atom. The van der Waals surface area contributed by atoms with Crippen molar-refractivity contribution < 1.29 is 59.0 Å². The molecule has 1 atom stereocenters. The van der Waals surface area contributed by atoms with Gasteiger partial charge in [-0.05, 0) is 19.8 Å². The van der Waals surface area contributed by atoms with Crippen LogP contribution in [0.15, 0.2) is 12.4 Å². The predicted octanol–water partition coefficient (Wildman–Crippen LogP) is 3.32. The van der Waals surface area contributed by atoms with E-state index in [1.807, 2.05) is 0 Å². The number of halogens is 8. The number of rotatable bonds is 12. The zero-order chi connectivity index (χ0) is 24.0. The number of Topliss-reactive ketones (excluding diaryl/α,β-unsaturated/α-hetero) is 1. The largest absolute Gasteiger partial charge is 0.466 e. The molecule has 0 aliphatic heterocycles. The van der Waals surface area contributed by atoms with Crippen LogP contribution in [0.1, 0.15) is 26.2 Å². The van der Waals surface area contributed by atoms with E-state index in [2.05, 4.69) is 28.7 Å². The molecule has 0 spiro atoms. The highest BCUT2D eigenvalue weighted by Gasteiger charge is 2.66. The number of nitrogens with one attached hydrogen (secondary N) is 1. The number of unbranched alkanes of at least 4 members (excludes halogenated alkanes) is 1. The number of carbonyl (C=O) groups is 3. The molecule has 6 nitrogen and oxygen atoms in total. The number of ether oxygens (including phenoxy) is 2. The summed E-state index contributed by atoms with van der Waals surface area (Å²) in [5.41, 5.74) is 0. The minimum Gasteiger partial charge on any atom is -0.410 e. The minimum atomic E-state index is -5.82. The van der Waals surface area contributed by atoms with E-state index >= 15 is 0 Å². The fourth-order valence-electron chi connectivity index (χ4n) is 1.73. The lowest BCUT2D eigenvalue weighted by atomic mass is 10.1. The number of esters is 1. The first-order valence-electron chi connectivity index (χ1n) is 7.91. The molecular weight excluding hydrogens is 458 g/mol. The van der Waals surface area contributed by atoms with Crippen molar-refractivity contribution in [3.05, 3.63) is 12.4 Å². The second-order valence-electron chi connectivity index (χ2n) is 5.84. The molecule has 1 amide bonds. The summed E-state index contributed by atoms with van der Waals surface area (Å²) in [6.07, 6.45) is -8.86. The van der Waals surface area contributed by atoms with Gasteiger partial charge in [0.25, 0.3) is 0 Å². The Labute approximate surface area is 170 Å². The summed E-state index contributed by atoms with van der Waals surface area (Å²) >= 11 is 2.42.